The number of carbonyl (C=O) groups is 3. The summed E-state index contributed by atoms with van der Waals surface area (Å²) in [5.41, 5.74) is 0.143. The smallest absolute Gasteiger partial charge is 0.343 e. The predicted molar refractivity (Wildman–Crippen MR) is 161 cm³/mol. The molecule has 40 heavy (non-hydrogen) atoms. The number of ether oxygens (including phenoxy) is 2. The lowest BCUT2D eigenvalue weighted by Gasteiger charge is -2.16. The average Bonchev–Trinajstić information content (AvgIpc) is 3.19. The highest BCUT2D eigenvalue weighted by Gasteiger charge is 2.38. The molecule has 0 amide bonds. The lowest BCUT2D eigenvalue weighted by molar-refractivity contribution is -0.144. The van der Waals surface area contributed by atoms with E-state index >= 15 is 0 Å². The number of esters is 2. The van der Waals surface area contributed by atoms with Crippen LogP contribution in [0.2, 0.25) is 0 Å². The standard InChI is InChI=1S/C34H52O6/c1-5-7-9-11-13-15-17-19-21-23-25-29(31(36)27(3)35)33(37)40-32-28(4)39-34(38)30(32)26-24-22-20-18-16-14-12-10-8-6-2/h5-6,25-26,31-32,36H,1-2,4,7-24H2,3H3. The van der Waals surface area contributed by atoms with E-state index in [-0.39, 0.29) is 16.9 Å². The molecule has 0 aromatic rings. The molecule has 224 valence electrons. The van der Waals surface area contributed by atoms with Crippen LogP contribution >= 0.6 is 0 Å². The van der Waals surface area contributed by atoms with E-state index in [2.05, 4.69) is 19.7 Å². The number of cyclic esters (lactones) is 1. The van der Waals surface area contributed by atoms with Crippen LogP contribution in [0, 0.1) is 0 Å². The van der Waals surface area contributed by atoms with Crippen LogP contribution in [-0.4, -0.2) is 35.0 Å². The zero-order chi connectivity index (χ0) is 29.6. The number of aliphatic hydroxyl groups excluding tert-OH is 1. The molecule has 6 nitrogen and oxygen atoms in total. The van der Waals surface area contributed by atoms with E-state index < -0.39 is 29.9 Å². The van der Waals surface area contributed by atoms with Gasteiger partial charge in [-0.25, -0.2) is 9.59 Å². The summed E-state index contributed by atoms with van der Waals surface area (Å²) in [6, 6.07) is 0. The van der Waals surface area contributed by atoms with Crippen molar-refractivity contribution in [1.82, 2.24) is 0 Å². The van der Waals surface area contributed by atoms with Crippen LogP contribution in [0.5, 0.6) is 0 Å². The Bertz CT molecular complexity index is 881. The van der Waals surface area contributed by atoms with Crippen molar-refractivity contribution >= 4 is 17.7 Å². The molecule has 0 spiro atoms. The zero-order valence-electron chi connectivity index (χ0n) is 24.8. The second kappa shape index (κ2) is 22.0. The molecule has 1 rings (SSSR count). The Morgan fingerprint density at radius 3 is 1.75 bits per heavy atom. The van der Waals surface area contributed by atoms with Gasteiger partial charge in [0.05, 0.1) is 11.1 Å². The number of rotatable bonds is 24. The van der Waals surface area contributed by atoms with Crippen molar-refractivity contribution in [2.75, 3.05) is 0 Å². The second-order valence-corrected chi connectivity index (χ2v) is 10.7. The lowest BCUT2D eigenvalue weighted by Crippen LogP contribution is -2.29. The monoisotopic (exact) mass is 556 g/mol. The summed E-state index contributed by atoms with van der Waals surface area (Å²) >= 11 is 0. The minimum absolute atomic E-state index is 0.0360. The minimum Gasteiger partial charge on any atom is -0.446 e. The molecule has 1 saturated heterocycles. The molecule has 0 radical (unpaired) electrons. The third-order valence-electron chi connectivity index (χ3n) is 7.13. The Morgan fingerprint density at radius 1 is 0.825 bits per heavy atom. The van der Waals surface area contributed by atoms with Gasteiger partial charge < -0.3 is 14.6 Å². The fraction of sp³-hybridized carbons (Fsp3) is 0.618. The maximum Gasteiger partial charge on any atom is 0.343 e. The quantitative estimate of drug-likeness (QED) is 0.0558. The van der Waals surface area contributed by atoms with Gasteiger partial charge in [-0.2, -0.15) is 0 Å². The van der Waals surface area contributed by atoms with Gasteiger partial charge in [-0.15, -0.1) is 13.2 Å². The highest BCUT2D eigenvalue weighted by molar-refractivity contribution is 6.00. The van der Waals surface area contributed by atoms with Crippen molar-refractivity contribution in [3.63, 3.8) is 0 Å². The maximum absolute atomic E-state index is 13.0. The molecule has 1 aliphatic heterocycles. The number of carbonyl (C=O) groups excluding carboxylic acids is 3. The lowest BCUT2D eigenvalue weighted by atomic mass is 10.0. The maximum atomic E-state index is 13.0. The largest absolute Gasteiger partial charge is 0.446 e. The third-order valence-corrected chi connectivity index (χ3v) is 7.13. The molecule has 1 N–H and O–H groups in total. The van der Waals surface area contributed by atoms with E-state index in [9.17, 15) is 19.5 Å². The van der Waals surface area contributed by atoms with Crippen LogP contribution in [0.4, 0.5) is 0 Å². The van der Waals surface area contributed by atoms with E-state index in [1.165, 1.54) is 51.9 Å². The number of hydrogen-bond acceptors (Lipinski definition) is 6. The number of allylic oxidation sites excluding steroid dienone is 4. The molecular weight excluding hydrogens is 504 g/mol. The molecule has 1 fully saturated rings. The molecule has 2 unspecified atom stereocenters. The first kappa shape index (κ1) is 35.3. The first-order chi connectivity index (χ1) is 19.3. The summed E-state index contributed by atoms with van der Waals surface area (Å²) in [5.74, 6) is -1.92. The van der Waals surface area contributed by atoms with Crippen LogP contribution in [0.25, 0.3) is 0 Å². The van der Waals surface area contributed by atoms with E-state index in [1.807, 2.05) is 12.2 Å². The Morgan fingerprint density at radius 2 is 1.27 bits per heavy atom. The SMILES string of the molecule is C=CCCCCCCCCCC=C(C(=O)OC1C(=C)OC(=O)C1=CCCCCCCCCCC=C)C(O)C(C)=O. The summed E-state index contributed by atoms with van der Waals surface area (Å²) in [7, 11) is 0. The first-order valence-electron chi connectivity index (χ1n) is 15.3. The van der Waals surface area contributed by atoms with Gasteiger partial charge in [0.25, 0.3) is 0 Å². The van der Waals surface area contributed by atoms with Crippen LogP contribution in [-0.2, 0) is 23.9 Å². The van der Waals surface area contributed by atoms with Crippen LogP contribution in [0.15, 0.2) is 60.9 Å². The van der Waals surface area contributed by atoms with Gasteiger partial charge in [-0.05, 0) is 58.3 Å². The van der Waals surface area contributed by atoms with Crippen molar-refractivity contribution in [2.45, 2.75) is 135 Å². The summed E-state index contributed by atoms with van der Waals surface area (Å²) in [6.45, 7) is 12.4. The summed E-state index contributed by atoms with van der Waals surface area (Å²) in [4.78, 5) is 37.3. The Kier molecular flexibility index (Phi) is 19.4. The molecule has 2 atom stereocenters. The fourth-order valence-corrected chi connectivity index (χ4v) is 4.68. The normalized spacial score (nSPS) is 17.1. The van der Waals surface area contributed by atoms with Crippen molar-refractivity contribution in [1.29, 1.82) is 0 Å². The molecular formula is C34H52O6. The number of aliphatic hydroxyl groups is 1. The second-order valence-electron chi connectivity index (χ2n) is 10.7. The van der Waals surface area contributed by atoms with Gasteiger partial charge in [0, 0.05) is 0 Å². The van der Waals surface area contributed by atoms with Crippen molar-refractivity contribution < 1.29 is 29.0 Å². The van der Waals surface area contributed by atoms with Gasteiger partial charge in [0.1, 0.15) is 11.9 Å². The number of unbranched alkanes of at least 4 members (excludes halogenated alkanes) is 16. The Labute approximate surface area is 242 Å². The Hall–Kier alpha value is -2.73. The minimum atomic E-state index is -1.58. The first-order valence-corrected chi connectivity index (χ1v) is 15.3. The Balaban J connectivity index is 2.59. The van der Waals surface area contributed by atoms with Crippen LogP contribution < -0.4 is 0 Å². The highest BCUT2D eigenvalue weighted by Crippen LogP contribution is 2.28. The van der Waals surface area contributed by atoms with E-state index in [0.717, 1.165) is 57.8 Å². The van der Waals surface area contributed by atoms with Crippen LogP contribution in [0.3, 0.4) is 0 Å². The summed E-state index contributed by atoms with van der Waals surface area (Å²) in [5, 5.41) is 10.4. The van der Waals surface area contributed by atoms with E-state index in [4.69, 9.17) is 9.47 Å². The van der Waals surface area contributed by atoms with E-state index in [1.54, 1.807) is 12.2 Å². The van der Waals surface area contributed by atoms with E-state index in [0.29, 0.717) is 12.8 Å². The molecule has 0 aromatic heterocycles. The predicted octanol–water partition coefficient (Wildman–Crippen LogP) is 8.17. The summed E-state index contributed by atoms with van der Waals surface area (Å²) < 4.78 is 10.7. The van der Waals surface area contributed by atoms with Gasteiger partial charge >= 0.3 is 11.9 Å². The molecule has 0 bridgehead atoms. The van der Waals surface area contributed by atoms with Gasteiger partial charge in [0.2, 0.25) is 0 Å². The van der Waals surface area contributed by atoms with Crippen molar-refractivity contribution in [3.8, 4) is 0 Å². The number of ketones is 1. The zero-order valence-corrected chi connectivity index (χ0v) is 24.8. The highest BCUT2D eigenvalue weighted by atomic mass is 16.6. The average molecular weight is 557 g/mol. The van der Waals surface area contributed by atoms with Gasteiger partial charge in [-0.1, -0.05) is 95.1 Å². The molecule has 0 aliphatic carbocycles. The molecule has 1 aliphatic rings. The number of hydrogen-bond donors (Lipinski definition) is 1. The molecule has 6 heteroatoms. The topological polar surface area (TPSA) is 89.9 Å². The van der Waals surface area contributed by atoms with Crippen LogP contribution in [0.1, 0.15) is 122 Å². The van der Waals surface area contributed by atoms with Gasteiger partial charge in [-0.3, -0.25) is 4.79 Å². The molecule has 1 heterocycles. The molecule has 0 saturated carbocycles. The van der Waals surface area contributed by atoms with Crippen molar-refractivity contribution in [3.05, 3.63) is 60.9 Å². The van der Waals surface area contributed by atoms with Gasteiger partial charge in [0.15, 0.2) is 11.9 Å². The third kappa shape index (κ3) is 14.6. The van der Waals surface area contributed by atoms with Crippen molar-refractivity contribution in [2.24, 2.45) is 0 Å². The number of Topliss-reactive ketones (excluding diaryl/α,β-unsaturated/α-hetero) is 1. The summed E-state index contributed by atoms with van der Waals surface area (Å²) in [6.07, 6.45) is 23.6. The fourth-order valence-electron chi connectivity index (χ4n) is 4.68. The molecule has 0 aromatic carbocycles.